The maximum atomic E-state index is 12.2. The fourth-order valence-corrected chi connectivity index (χ4v) is 5.49. The Kier molecular flexibility index (Phi) is 6.20. The van der Waals surface area contributed by atoms with E-state index < -0.39 is 0 Å². The van der Waals surface area contributed by atoms with E-state index in [1.165, 1.54) is 0 Å². The number of hydrogen-bond donors (Lipinski definition) is 3. The van der Waals surface area contributed by atoms with Crippen molar-refractivity contribution in [3.05, 3.63) is 18.1 Å². The molecule has 0 spiro atoms. The van der Waals surface area contributed by atoms with E-state index >= 15 is 0 Å². The number of nitrogens with zero attached hydrogens (tertiary/aromatic N) is 4. The quantitative estimate of drug-likeness (QED) is 0.534. The molecule has 2 aromatic heterocycles. The third-order valence-electron chi connectivity index (χ3n) is 7.90. The van der Waals surface area contributed by atoms with Gasteiger partial charge in [-0.2, -0.15) is 10.2 Å². The molecule has 11 nitrogen and oxygen atoms in total. The number of aryl methyl sites for hydroxylation is 1. The van der Waals surface area contributed by atoms with Crippen molar-refractivity contribution in [2.75, 3.05) is 18.5 Å². The number of alkyl carbamates (subject to hydrolysis) is 1. The first-order valence-electron chi connectivity index (χ1n) is 13.0. The molecule has 2 aromatic rings. The van der Waals surface area contributed by atoms with Gasteiger partial charge < -0.3 is 30.3 Å². The number of rotatable bonds is 7. The average molecular weight is 498 g/mol. The molecule has 11 heteroatoms. The van der Waals surface area contributed by atoms with Gasteiger partial charge in [0.1, 0.15) is 11.9 Å². The van der Waals surface area contributed by atoms with Gasteiger partial charge in [0.05, 0.1) is 48.5 Å². The molecule has 1 saturated heterocycles. The van der Waals surface area contributed by atoms with Gasteiger partial charge in [0.15, 0.2) is 0 Å². The Balaban J connectivity index is 1.04. The summed E-state index contributed by atoms with van der Waals surface area (Å²) in [6.07, 6.45) is 10.0. The molecular formula is C25H35N7O4. The lowest BCUT2D eigenvalue weighted by Gasteiger charge is -2.19. The summed E-state index contributed by atoms with van der Waals surface area (Å²) in [4.78, 5) is 16.6. The fraction of sp³-hybridized carbons (Fsp3) is 0.680. The van der Waals surface area contributed by atoms with Gasteiger partial charge in [-0.1, -0.05) is 0 Å². The molecule has 3 N–H and O–H groups in total. The predicted molar refractivity (Wildman–Crippen MR) is 134 cm³/mol. The zero-order chi connectivity index (χ0) is 24.7. The molecule has 4 aliphatic rings. The minimum Gasteiger partial charge on any atom is -0.446 e. The Morgan fingerprint density at radius 3 is 2.97 bits per heavy atom. The molecule has 36 heavy (non-hydrogen) atoms. The number of fused-ring (bicyclic) bond motifs is 1. The molecule has 0 bridgehead atoms. The van der Waals surface area contributed by atoms with Gasteiger partial charge in [0.2, 0.25) is 0 Å². The van der Waals surface area contributed by atoms with E-state index in [9.17, 15) is 4.79 Å². The van der Waals surface area contributed by atoms with Gasteiger partial charge in [-0.25, -0.2) is 4.79 Å². The van der Waals surface area contributed by atoms with Crippen LogP contribution >= 0.6 is 0 Å². The lowest BCUT2D eigenvalue weighted by atomic mass is 9.96. The van der Waals surface area contributed by atoms with Crippen molar-refractivity contribution in [3.8, 4) is 0 Å². The van der Waals surface area contributed by atoms with Crippen LogP contribution in [0.3, 0.4) is 0 Å². The third kappa shape index (κ3) is 4.99. The third-order valence-corrected chi connectivity index (χ3v) is 7.90. The summed E-state index contributed by atoms with van der Waals surface area (Å²) in [6, 6.07) is 0.224. The SMILES string of the molecule is Cn1nc(COC2CCOC2)c2cncc(NC3=NNC(C4CCC(OC(=O)NC5(C)CC5)C4)C3)c21. The van der Waals surface area contributed by atoms with Crippen molar-refractivity contribution >= 4 is 28.5 Å². The van der Waals surface area contributed by atoms with Crippen molar-refractivity contribution < 1.29 is 19.0 Å². The Morgan fingerprint density at radius 2 is 2.17 bits per heavy atom. The zero-order valence-electron chi connectivity index (χ0n) is 21.0. The van der Waals surface area contributed by atoms with Crippen molar-refractivity contribution in [2.45, 2.75) is 82.3 Å². The van der Waals surface area contributed by atoms with Gasteiger partial charge in [0.25, 0.3) is 0 Å². The van der Waals surface area contributed by atoms with Crippen molar-refractivity contribution in [1.29, 1.82) is 0 Å². The first-order valence-corrected chi connectivity index (χ1v) is 13.0. The lowest BCUT2D eigenvalue weighted by molar-refractivity contribution is 0.0304. The Hall–Kier alpha value is -2.92. The molecule has 0 radical (unpaired) electrons. The minimum atomic E-state index is -0.281. The highest BCUT2D eigenvalue weighted by molar-refractivity contribution is 6.03. The van der Waals surface area contributed by atoms with E-state index in [0.717, 1.165) is 79.7 Å². The summed E-state index contributed by atoms with van der Waals surface area (Å²) in [6.45, 7) is 3.89. The summed E-state index contributed by atoms with van der Waals surface area (Å²) < 4.78 is 19.0. The number of carbonyl (C=O) groups is 1. The lowest BCUT2D eigenvalue weighted by Crippen LogP contribution is -2.36. The average Bonchev–Trinajstić information content (AvgIpc) is 3.40. The molecule has 2 saturated carbocycles. The van der Waals surface area contributed by atoms with Crippen molar-refractivity contribution in [3.63, 3.8) is 0 Å². The van der Waals surface area contributed by atoms with Crippen LogP contribution in [0.1, 0.15) is 57.6 Å². The van der Waals surface area contributed by atoms with E-state index in [4.69, 9.17) is 19.3 Å². The largest absolute Gasteiger partial charge is 0.446 e. The number of carbonyl (C=O) groups excluding carboxylic acids is 1. The highest BCUT2D eigenvalue weighted by Gasteiger charge is 2.41. The number of amides is 1. The standard InChI is InChI=1S/C25H35N7O4/c1-25(6-7-25)28-24(33)36-16-4-3-15(9-16)19-10-22(30-29-19)27-20-12-26-11-18-21(31-32(2)23(18)20)14-35-17-5-8-34-13-17/h11-12,15-17,19,29H,3-10,13-14H2,1-2H3,(H,27,30)(H,28,33). The molecule has 3 fully saturated rings. The van der Waals surface area contributed by atoms with Crippen LogP contribution in [0.4, 0.5) is 10.5 Å². The first-order chi connectivity index (χ1) is 17.5. The molecule has 194 valence electrons. The number of hydrazone groups is 1. The molecule has 1 amide bonds. The molecule has 6 rings (SSSR count). The summed E-state index contributed by atoms with van der Waals surface area (Å²) in [7, 11) is 1.94. The monoisotopic (exact) mass is 497 g/mol. The van der Waals surface area contributed by atoms with E-state index in [2.05, 4.69) is 33.1 Å². The maximum absolute atomic E-state index is 12.2. The number of nitrogens with one attached hydrogen (secondary N) is 3. The van der Waals surface area contributed by atoms with Crippen LogP contribution < -0.4 is 16.1 Å². The van der Waals surface area contributed by atoms with Gasteiger partial charge >= 0.3 is 6.09 Å². The van der Waals surface area contributed by atoms with Crippen LogP contribution in [0.25, 0.3) is 10.9 Å². The zero-order valence-corrected chi connectivity index (χ0v) is 21.0. The second-order valence-corrected chi connectivity index (χ2v) is 10.9. The Morgan fingerprint density at radius 1 is 1.28 bits per heavy atom. The van der Waals surface area contributed by atoms with Crippen LogP contribution in [0, 0.1) is 5.92 Å². The van der Waals surface area contributed by atoms with Crippen molar-refractivity contribution in [2.24, 2.45) is 18.1 Å². The minimum absolute atomic E-state index is 0.0278. The van der Waals surface area contributed by atoms with Crippen LogP contribution in [0.2, 0.25) is 0 Å². The Labute approximate surface area is 210 Å². The molecule has 2 aliphatic carbocycles. The van der Waals surface area contributed by atoms with E-state index in [0.29, 0.717) is 19.1 Å². The fourth-order valence-electron chi connectivity index (χ4n) is 5.49. The second kappa shape index (κ2) is 9.51. The van der Waals surface area contributed by atoms with Gasteiger partial charge in [0, 0.05) is 37.2 Å². The topological polar surface area (TPSA) is 124 Å². The smallest absolute Gasteiger partial charge is 0.407 e. The van der Waals surface area contributed by atoms with Crippen molar-refractivity contribution in [1.82, 2.24) is 25.5 Å². The number of ether oxygens (including phenoxy) is 3. The van der Waals surface area contributed by atoms with Gasteiger partial charge in [-0.3, -0.25) is 9.67 Å². The highest BCUT2D eigenvalue weighted by atomic mass is 16.6. The molecule has 4 heterocycles. The summed E-state index contributed by atoms with van der Waals surface area (Å²) in [5.74, 6) is 1.29. The normalized spacial score (nSPS) is 28.7. The second-order valence-electron chi connectivity index (χ2n) is 10.9. The van der Waals surface area contributed by atoms with Crippen LogP contribution in [-0.4, -0.2) is 63.7 Å². The number of anilines is 1. The predicted octanol–water partition coefficient (Wildman–Crippen LogP) is 2.81. The molecule has 4 atom stereocenters. The van der Waals surface area contributed by atoms with Crippen LogP contribution in [-0.2, 0) is 27.9 Å². The van der Waals surface area contributed by atoms with E-state index in [1.54, 1.807) is 0 Å². The molecular weight excluding hydrogens is 462 g/mol. The van der Waals surface area contributed by atoms with Crippen LogP contribution in [0.5, 0.6) is 0 Å². The highest BCUT2D eigenvalue weighted by Crippen LogP contribution is 2.36. The molecule has 0 aromatic carbocycles. The summed E-state index contributed by atoms with van der Waals surface area (Å²) >= 11 is 0. The summed E-state index contributed by atoms with van der Waals surface area (Å²) in [5, 5.41) is 16.7. The van der Waals surface area contributed by atoms with E-state index in [-0.39, 0.29) is 29.9 Å². The number of amidine groups is 1. The number of pyridine rings is 1. The van der Waals surface area contributed by atoms with Crippen LogP contribution in [0.15, 0.2) is 17.5 Å². The molecule has 4 unspecified atom stereocenters. The number of aromatic nitrogens is 3. The molecule has 2 aliphatic heterocycles. The van der Waals surface area contributed by atoms with Gasteiger partial charge in [-0.15, -0.1) is 0 Å². The number of hydrogen-bond acceptors (Lipinski definition) is 9. The summed E-state index contributed by atoms with van der Waals surface area (Å²) in [5.41, 5.74) is 5.97. The first kappa shape index (κ1) is 23.5. The van der Waals surface area contributed by atoms with Gasteiger partial charge in [-0.05, 0) is 51.4 Å². The van der Waals surface area contributed by atoms with E-state index in [1.807, 2.05) is 24.1 Å². The Bertz CT molecular complexity index is 1150. The maximum Gasteiger partial charge on any atom is 0.407 e.